The summed E-state index contributed by atoms with van der Waals surface area (Å²) in [5.41, 5.74) is -0.635. The normalized spacial score (nSPS) is 21.1. The SMILES string of the molecule is O=C1c2ccccc2C(=O)C12[C@@H](c1ccccc1)N(c1ccccc1)C1(C(=O)c3ccccc3C1=O)[C@H]2c1ccccc1. The number of nitrogens with zero attached hydrogens (tertiary/aromatic N) is 1. The Morgan fingerprint density at radius 3 is 1.26 bits per heavy atom. The van der Waals surface area contributed by atoms with E-state index in [1.54, 1.807) is 48.5 Å². The zero-order valence-electron chi connectivity index (χ0n) is 23.0. The van der Waals surface area contributed by atoms with Crippen molar-refractivity contribution in [1.82, 2.24) is 0 Å². The van der Waals surface area contributed by atoms with Gasteiger partial charge < -0.3 is 4.90 Å². The smallest absolute Gasteiger partial charge is 0.197 e. The monoisotopic (exact) mass is 559 g/mol. The van der Waals surface area contributed by atoms with Crippen LogP contribution in [-0.4, -0.2) is 28.7 Å². The van der Waals surface area contributed by atoms with Gasteiger partial charge in [-0.25, -0.2) is 0 Å². The summed E-state index contributed by atoms with van der Waals surface area (Å²) in [4.78, 5) is 62.3. The second-order valence-corrected chi connectivity index (χ2v) is 11.4. The molecule has 0 N–H and O–H groups in total. The van der Waals surface area contributed by atoms with Crippen molar-refractivity contribution >= 4 is 28.8 Å². The molecule has 2 aliphatic carbocycles. The summed E-state index contributed by atoms with van der Waals surface area (Å²) in [6, 6.07) is 40.5. The maximum absolute atomic E-state index is 15.1. The molecule has 1 heterocycles. The van der Waals surface area contributed by atoms with E-state index in [2.05, 4.69) is 0 Å². The molecule has 0 bridgehead atoms. The van der Waals surface area contributed by atoms with E-state index in [0.29, 0.717) is 39.1 Å². The largest absolute Gasteiger partial charge is 0.343 e. The number of carbonyl (C=O) groups is 4. The zero-order valence-corrected chi connectivity index (χ0v) is 23.0. The highest BCUT2D eigenvalue weighted by Gasteiger charge is 2.80. The molecule has 5 heteroatoms. The molecule has 5 nitrogen and oxygen atoms in total. The van der Waals surface area contributed by atoms with Crippen LogP contribution in [-0.2, 0) is 0 Å². The highest BCUT2D eigenvalue weighted by Crippen LogP contribution is 2.69. The zero-order chi connectivity index (χ0) is 29.3. The number of para-hydroxylation sites is 1. The number of benzene rings is 5. The molecule has 1 saturated heterocycles. The third-order valence-corrected chi connectivity index (χ3v) is 9.50. The molecule has 1 fully saturated rings. The molecule has 2 atom stereocenters. The minimum Gasteiger partial charge on any atom is -0.343 e. The van der Waals surface area contributed by atoms with Crippen LogP contribution in [0.2, 0.25) is 0 Å². The second-order valence-electron chi connectivity index (χ2n) is 11.4. The Morgan fingerprint density at radius 1 is 0.419 bits per heavy atom. The number of Topliss-reactive ketones (excluding diaryl/α,β-unsaturated/α-hetero) is 4. The standard InChI is InChI=1S/C38H25NO4/c40-33-27-20-10-11-21-28(27)34(41)37(33)31(24-14-4-1-5-15-24)38(35(42)29-22-12-13-23-30(29)36(38)43)39(26-18-8-3-9-19-26)32(37)25-16-6-2-7-17-25/h1-23,31-32H/t31-,32+/m0/s1. The van der Waals surface area contributed by atoms with Crippen LogP contribution in [0.4, 0.5) is 5.69 Å². The molecule has 0 saturated carbocycles. The first-order valence-corrected chi connectivity index (χ1v) is 14.4. The predicted molar refractivity (Wildman–Crippen MR) is 163 cm³/mol. The van der Waals surface area contributed by atoms with E-state index in [-0.39, 0.29) is 11.6 Å². The van der Waals surface area contributed by atoms with Crippen LogP contribution in [0.15, 0.2) is 140 Å². The van der Waals surface area contributed by atoms with Crippen LogP contribution in [0, 0.1) is 5.41 Å². The minimum atomic E-state index is -1.90. The molecule has 0 aromatic heterocycles. The Morgan fingerprint density at radius 2 is 0.791 bits per heavy atom. The van der Waals surface area contributed by atoms with E-state index in [1.807, 2.05) is 95.9 Å². The number of carbonyl (C=O) groups excluding carboxylic acids is 4. The van der Waals surface area contributed by atoms with Crippen molar-refractivity contribution in [2.75, 3.05) is 4.90 Å². The van der Waals surface area contributed by atoms with Crippen LogP contribution in [0.1, 0.15) is 64.5 Å². The maximum Gasteiger partial charge on any atom is 0.197 e. The van der Waals surface area contributed by atoms with E-state index < -0.39 is 34.5 Å². The maximum atomic E-state index is 15.1. The van der Waals surface area contributed by atoms with E-state index in [9.17, 15) is 0 Å². The van der Waals surface area contributed by atoms with Gasteiger partial charge in [-0.05, 0) is 23.3 Å². The van der Waals surface area contributed by atoms with Crippen molar-refractivity contribution in [2.24, 2.45) is 5.41 Å². The Labute approximate surface area is 248 Å². The third-order valence-electron chi connectivity index (χ3n) is 9.50. The van der Waals surface area contributed by atoms with E-state index >= 15 is 19.2 Å². The lowest BCUT2D eigenvalue weighted by atomic mass is 9.60. The van der Waals surface area contributed by atoms with Crippen LogP contribution in [0.3, 0.4) is 0 Å². The summed E-state index contributed by atoms with van der Waals surface area (Å²) in [7, 11) is 0. The molecule has 8 rings (SSSR count). The van der Waals surface area contributed by atoms with Gasteiger partial charge in [0.15, 0.2) is 28.7 Å². The van der Waals surface area contributed by atoms with Crippen LogP contribution < -0.4 is 4.90 Å². The van der Waals surface area contributed by atoms with Gasteiger partial charge in [0.1, 0.15) is 5.41 Å². The van der Waals surface area contributed by atoms with Crippen molar-refractivity contribution in [1.29, 1.82) is 0 Å². The van der Waals surface area contributed by atoms with Gasteiger partial charge in [0.2, 0.25) is 0 Å². The number of anilines is 1. The quantitative estimate of drug-likeness (QED) is 0.225. The summed E-state index contributed by atoms with van der Waals surface area (Å²) in [5.74, 6) is -2.66. The summed E-state index contributed by atoms with van der Waals surface area (Å²) in [5, 5.41) is 0. The van der Waals surface area contributed by atoms with Gasteiger partial charge in [-0.3, -0.25) is 19.2 Å². The summed E-state index contributed by atoms with van der Waals surface area (Å²) >= 11 is 0. The second kappa shape index (κ2) is 9.04. The Bertz CT molecular complexity index is 1770. The molecular formula is C38H25NO4. The molecule has 0 amide bonds. The lowest BCUT2D eigenvalue weighted by Gasteiger charge is -2.40. The first-order chi connectivity index (χ1) is 21.0. The van der Waals surface area contributed by atoms with Crippen LogP contribution in [0.25, 0.3) is 0 Å². The third kappa shape index (κ3) is 3.01. The van der Waals surface area contributed by atoms with Crippen molar-refractivity contribution in [3.63, 3.8) is 0 Å². The summed E-state index contributed by atoms with van der Waals surface area (Å²) < 4.78 is 0. The van der Waals surface area contributed by atoms with Crippen molar-refractivity contribution in [3.05, 3.63) is 173 Å². The topological polar surface area (TPSA) is 71.5 Å². The summed E-state index contributed by atoms with van der Waals surface area (Å²) in [6.07, 6.45) is 0. The van der Waals surface area contributed by atoms with E-state index in [0.717, 1.165) is 0 Å². The number of fused-ring (bicyclic) bond motifs is 2. The van der Waals surface area contributed by atoms with Crippen LogP contribution in [0.5, 0.6) is 0 Å². The minimum absolute atomic E-state index is 0.300. The summed E-state index contributed by atoms with van der Waals surface area (Å²) in [6.45, 7) is 0. The number of ketones is 4. The fourth-order valence-electron chi connectivity index (χ4n) is 7.98. The molecule has 5 aromatic rings. The average Bonchev–Trinajstić information content (AvgIpc) is 3.57. The molecule has 0 radical (unpaired) electrons. The lowest BCUT2D eigenvalue weighted by molar-refractivity contribution is 0.0620. The van der Waals surface area contributed by atoms with Gasteiger partial charge in [-0.1, -0.05) is 127 Å². The first kappa shape index (κ1) is 25.3. The van der Waals surface area contributed by atoms with Crippen molar-refractivity contribution in [2.45, 2.75) is 17.5 Å². The highest BCUT2D eigenvalue weighted by molar-refractivity contribution is 6.39. The van der Waals surface area contributed by atoms with Gasteiger partial charge in [-0.2, -0.15) is 0 Å². The molecule has 5 aromatic carbocycles. The van der Waals surface area contributed by atoms with Gasteiger partial charge in [0.25, 0.3) is 0 Å². The van der Waals surface area contributed by atoms with Crippen molar-refractivity contribution < 1.29 is 19.2 Å². The average molecular weight is 560 g/mol. The Hall–Kier alpha value is -5.42. The van der Waals surface area contributed by atoms with Gasteiger partial charge in [-0.15, -0.1) is 0 Å². The van der Waals surface area contributed by atoms with Crippen LogP contribution >= 0.6 is 0 Å². The number of rotatable bonds is 3. The number of hydrogen-bond donors (Lipinski definition) is 0. The van der Waals surface area contributed by atoms with E-state index in [4.69, 9.17) is 0 Å². The van der Waals surface area contributed by atoms with E-state index in [1.165, 1.54) is 0 Å². The van der Waals surface area contributed by atoms with Gasteiger partial charge >= 0.3 is 0 Å². The van der Waals surface area contributed by atoms with Gasteiger partial charge in [0.05, 0.1) is 6.04 Å². The molecule has 2 spiro atoms. The molecule has 43 heavy (non-hydrogen) atoms. The molecule has 3 aliphatic rings. The fraction of sp³-hybridized carbons (Fsp3) is 0.105. The molecular weight excluding hydrogens is 534 g/mol. The predicted octanol–water partition coefficient (Wildman–Crippen LogP) is 6.92. The Kier molecular flexibility index (Phi) is 5.32. The highest BCUT2D eigenvalue weighted by atomic mass is 16.2. The fourth-order valence-corrected chi connectivity index (χ4v) is 7.98. The van der Waals surface area contributed by atoms with Crippen molar-refractivity contribution in [3.8, 4) is 0 Å². The Balaban J connectivity index is 1.58. The molecule has 0 unspecified atom stereocenters. The molecule has 206 valence electrons. The number of hydrogen-bond acceptors (Lipinski definition) is 5. The lowest BCUT2D eigenvalue weighted by Crippen LogP contribution is -2.57. The van der Waals surface area contributed by atoms with Gasteiger partial charge in [0, 0.05) is 33.9 Å². The molecule has 1 aliphatic heterocycles. The first-order valence-electron chi connectivity index (χ1n) is 14.4.